The second-order valence-corrected chi connectivity index (χ2v) is 7.10. The summed E-state index contributed by atoms with van der Waals surface area (Å²) in [5, 5.41) is 1.47. The number of para-hydroxylation sites is 1. The molecule has 2 atom stereocenters. The number of fused-ring (bicyclic) bond motifs is 5. The molecule has 0 amide bonds. The summed E-state index contributed by atoms with van der Waals surface area (Å²) in [6, 6.07) is 8.92. The Labute approximate surface area is 133 Å². The fourth-order valence-corrected chi connectivity index (χ4v) is 4.51. The monoisotopic (exact) mass is 294 g/mol. The second kappa shape index (κ2) is 5.27. The highest BCUT2D eigenvalue weighted by Gasteiger charge is 2.32. The van der Waals surface area contributed by atoms with Gasteiger partial charge >= 0.3 is 0 Å². The second-order valence-electron chi connectivity index (χ2n) is 7.10. The van der Waals surface area contributed by atoms with Crippen molar-refractivity contribution in [2.45, 2.75) is 32.6 Å². The molecule has 0 aliphatic carbocycles. The van der Waals surface area contributed by atoms with Crippen molar-refractivity contribution in [3.8, 4) is 0 Å². The summed E-state index contributed by atoms with van der Waals surface area (Å²) < 4.78 is 2.45. The maximum absolute atomic E-state index is 2.65. The largest absolute Gasteiger partial charge is 0.347 e. The van der Waals surface area contributed by atoms with Gasteiger partial charge in [-0.1, -0.05) is 37.3 Å². The summed E-state index contributed by atoms with van der Waals surface area (Å²) in [5.74, 6) is 0. The van der Waals surface area contributed by atoms with Gasteiger partial charge in [0, 0.05) is 48.7 Å². The van der Waals surface area contributed by atoms with Gasteiger partial charge in [-0.25, -0.2) is 0 Å². The van der Waals surface area contributed by atoms with Gasteiger partial charge in [-0.2, -0.15) is 0 Å². The van der Waals surface area contributed by atoms with E-state index in [2.05, 4.69) is 59.9 Å². The van der Waals surface area contributed by atoms with E-state index < -0.39 is 0 Å². The fourth-order valence-electron chi connectivity index (χ4n) is 4.51. The van der Waals surface area contributed by atoms with Crippen molar-refractivity contribution in [2.75, 3.05) is 19.6 Å². The van der Waals surface area contributed by atoms with Crippen molar-refractivity contribution in [3.05, 3.63) is 47.7 Å². The number of hydrogen-bond acceptors (Lipinski definition) is 1. The summed E-state index contributed by atoms with van der Waals surface area (Å²) >= 11 is 0. The number of benzene rings is 1. The van der Waals surface area contributed by atoms with Crippen LogP contribution in [0, 0.1) is 5.41 Å². The molecule has 0 radical (unpaired) electrons. The van der Waals surface area contributed by atoms with Crippen LogP contribution in [-0.4, -0.2) is 29.1 Å². The maximum atomic E-state index is 2.65. The highest BCUT2D eigenvalue weighted by Crippen LogP contribution is 2.37. The van der Waals surface area contributed by atoms with Crippen molar-refractivity contribution >= 4 is 10.9 Å². The van der Waals surface area contributed by atoms with Crippen LogP contribution in [0.15, 0.2) is 36.4 Å². The molecule has 2 aliphatic rings. The van der Waals surface area contributed by atoms with Gasteiger partial charge in [0.2, 0.25) is 0 Å². The minimum Gasteiger partial charge on any atom is -0.347 e. The Morgan fingerprint density at radius 1 is 1.18 bits per heavy atom. The van der Waals surface area contributed by atoms with E-state index in [9.17, 15) is 0 Å². The van der Waals surface area contributed by atoms with E-state index in [1.54, 1.807) is 11.3 Å². The molecule has 22 heavy (non-hydrogen) atoms. The van der Waals surface area contributed by atoms with Gasteiger partial charge in [0.25, 0.3) is 0 Å². The molecule has 1 aromatic carbocycles. The van der Waals surface area contributed by atoms with E-state index >= 15 is 0 Å². The lowest BCUT2D eigenvalue weighted by Crippen LogP contribution is -2.40. The Bertz CT molecular complexity index is 725. The summed E-state index contributed by atoms with van der Waals surface area (Å²) in [6.07, 6.45) is 9.82. The smallest absolute Gasteiger partial charge is 0.0482 e. The van der Waals surface area contributed by atoms with Crippen molar-refractivity contribution in [2.24, 2.45) is 12.5 Å². The van der Waals surface area contributed by atoms with E-state index in [0.29, 0.717) is 5.41 Å². The van der Waals surface area contributed by atoms with E-state index in [1.807, 2.05) is 0 Å². The van der Waals surface area contributed by atoms with Crippen LogP contribution in [0.25, 0.3) is 10.9 Å². The molecule has 2 bridgehead atoms. The molecule has 2 heteroatoms. The van der Waals surface area contributed by atoms with Crippen molar-refractivity contribution in [1.82, 2.24) is 9.47 Å². The molecule has 4 rings (SSSR count). The molecular weight excluding hydrogens is 268 g/mol. The molecule has 1 aromatic heterocycles. The molecule has 0 fully saturated rings. The SMILES string of the molecule is CC[C@@]12C=CCN(CCc3c(n(C)c4ccccc34)CC1)C2. The van der Waals surface area contributed by atoms with Crippen molar-refractivity contribution in [1.29, 1.82) is 0 Å². The predicted octanol–water partition coefficient (Wildman–Crippen LogP) is 3.94. The molecule has 0 spiro atoms. The minimum atomic E-state index is 0.385. The number of nitrogens with zero attached hydrogens (tertiary/aromatic N) is 2. The number of rotatable bonds is 1. The molecule has 1 unspecified atom stereocenters. The molecule has 2 aromatic rings. The highest BCUT2D eigenvalue weighted by molar-refractivity contribution is 5.85. The number of hydrogen-bond donors (Lipinski definition) is 0. The Hall–Kier alpha value is -1.54. The third kappa shape index (κ3) is 2.13. The molecule has 0 N–H and O–H groups in total. The van der Waals surface area contributed by atoms with E-state index in [4.69, 9.17) is 0 Å². The van der Waals surface area contributed by atoms with Crippen molar-refractivity contribution in [3.63, 3.8) is 0 Å². The minimum absolute atomic E-state index is 0.385. The third-order valence-electron chi connectivity index (χ3n) is 5.96. The van der Waals surface area contributed by atoms with Crippen molar-refractivity contribution < 1.29 is 0 Å². The predicted molar refractivity (Wildman–Crippen MR) is 93.2 cm³/mol. The van der Waals surface area contributed by atoms with Crippen LogP contribution in [-0.2, 0) is 19.9 Å². The average molecular weight is 294 g/mol. The van der Waals surface area contributed by atoms with Crippen LogP contribution in [0.2, 0.25) is 0 Å². The number of aromatic nitrogens is 1. The Kier molecular flexibility index (Phi) is 3.37. The van der Waals surface area contributed by atoms with Gasteiger partial charge in [0.1, 0.15) is 0 Å². The Morgan fingerprint density at radius 3 is 2.91 bits per heavy atom. The molecule has 2 nitrogen and oxygen atoms in total. The van der Waals surface area contributed by atoms with Gasteiger partial charge in [-0.15, -0.1) is 0 Å². The zero-order chi connectivity index (χ0) is 15.2. The zero-order valence-electron chi connectivity index (χ0n) is 13.8. The third-order valence-corrected chi connectivity index (χ3v) is 5.96. The molecular formula is C20H26N2. The maximum Gasteiger partial charge on any atom is 0.0482 e. The summed E-state index contributed by atoms with van der Waals surface area (Å²) in [4.78, 5) is 2.65. The van der Waals surface area contributed by atoms with Crippen LogP contribution >= 0.6 is 0 Å². The van der Waals surface area contributed by atoms with Crippen LogP contribution in [0.5, 0.6) is 0 Å². The van der Waals surface area contributed by atoms with Crippen LogP contribution in [0.4, 0.5) is 0 Å². The Morgan fingerprint density at radius 2 is 2.05 bits per heavy atom. The highest BCUT2D eigenvalue weighted by atomic mass is 15.1. The average Bonchev–Trinajstić information content (AvgIpc) is 2.85. The Balaban J connectivity index is 1.82. The first kappa shape index (κ1) is 14.1. The topological polar surface area (TPSA) is 8.17 Å². The lowest BCUT2D eigenvalue weighted by molar-refractivity contribution is 0.175. The standard InChI is InChI=1S/C20H26N2/c1-3-20-11-6-13-22(15-20)14-10-17-16-7-4-5-8-18(16)21(2)19(17)9-12-20/h4-8,11H,3,9-10,12-15H2,1-2H3/t20-/m1/s1. The zero-order valence-corrected chi connectivity index (χ0v) is 13.8. The van der Waals surface area contributed by atoms with E-state index in [0.717, 1.165) is 6.54 Å². The quantitative estimate of drug-likeness (QED) is 0.723. The van der Waals surface area contributed by atoms with Gasteiger partial charge in [-0.05, 0) is 37.3 Å². The molecule has 0 saturated heterocycles. The lowest BCUT2D eigenvalue weighted by atomic mass is 9.78. The lowest BCUT2D eigenvalue weighted by Gasteiger charge is -2.38. The molecule has 2 aliphatic heterocycles. The summed E-state index contributed by atoms with van der Waals surface area (Å²) in [6.45, 7) is 5.91. The number of aryl methyl sites for hydroxylation is 1. The van der Waals surface area contributed by atoms with Crippen LogP contribution in [0.1, 0.15) is 31.0 Å². The molecule has 3 heterocycles. The van der Waals surface area contributed by atoms with Crippen LogP contribution in [0.3, 0.4) is 0 Å². The summed E-state index contributed by atoms with van der Waals surface area (Å²) in [5.41, 5.74) is 4.94. The first-order chi connectivity index (χ1) is 10.7. The molecule has 0 saturated carbocycles. The molecule has 116 valence electrons. The first-order valence-electron chi connectivity index (χ1n) is 8.68. The van der Waals surface area contributed by atoms with E-state index in [-0.39, 0.29) is 0 Å². The fraction of sp³-hybridized carbons (Fsp3) is 0.500. The van der Waals surface area contributed by atoms with Gasteiger partial charge in [0.15, 0.2) is 0 Å². The van der Waals surface area contributed by atoms with Gasteiger partial charge < -0.3 is 4.57 Å². The van der Waals surface area contributed by atoms with Crippen LogP contribution < -0.4 is 0 Å². The summed E-state index contributed by atoms with van der Waals surface area (Å²) in [7, 11) is 2.25. The first-order valence-corrected chi connectivity index (χ1v) is 8.68. The van der Waals surface area contributed by atoms with Gasteiger partial charge in [0.05, 0.1) is 0 Å². The van der Waals surface area contributed by atoms with Gasteiger partial charge in [-0.3, -0.25) is 4.90 Å². The normalized spacial score (nSPS) is 28.0. The van der Waals surface area contributed by atoms with E-state index in [1.165, 1.54) is 49.7 Å².